The number of unbranched alkanes of at least 4 members (excludes halogenated alkanes) is 10. The fourth-order valence-electron chi connectivity index (χ4n) is 5.14. The molecule has 0 aliphatic heterocycles. The zero-order chi connectivity index (χ0) is 27.7. The molecule has 37 heavy (non-hydrogen) atoms. The van der Waals surface area contributed by atoms with E-state index in [1.807, 2.05) is 0 Å². The molecule has 0 rings (SSSR count). The molecule has 4 heteroatoms. The second kappa shape index (κ2) is 25.2. The summed E-state index contributed by atoms with van der Waals surface area (Å²) in [7, 11) is 0. The predicted molar refractivity (Wildman–Crippen MR) is 158 cm³/mol. The van der Waals surface area contributed by atoms with Crippen LogP contribution in [0.3, 0.4) is 0 Å². The van der Waals surface area contributed by atoms with E-state index in [0.717, 1.165) is 69.6 Å². The van der Waals surface area contributed by atoms with Gasteiger partial charge in [0.05, 0.1) is 19.1 Å². The van der Waals surface area contributed by atoms with Gasteiger partial charge >= 0.3 is 11.9 Å². The van der Waals surface area contributed by atoms with E-state index < -0.39 is 0 Å². The van der Waals surface area contributed by atoms with Gasteiger partial charge < -0.3 is 9.47 Å². The van der Waals surface area contributed by atoms with Crippen molar-refractivity contribution in [1.29, 1.82) is 0 Å². The smallest absolute Gasteiger partial charge is 0.309 e. The molecule has 0 fully saturated rings. The normalized spacial score (nSPS) is 13.2. The second-order valence-corrected chi connectivity index (χ2v) is 12.1. The van der Waals surface area contributed by atoms with E-state index in [1.165, 1.54) is 57.8 Å². The maximum atomic E-state index is 12.6. The molecule has 2 unspecified atom stereocenters. The van der Waals surface area contributed by atoms with Gasteiger partial charge in [-0.15, -0.1) is 0 Å². The molecule has 220 valence electrons. The zero-order valence-electron chi connectivity index (χ0n) is 25.8. The summed E-state index contributed by atoms with van der Waals surface area (Å²) < 4.78 is 11.0. The van der Waals surface area contributed by atoms with Crippen LogP contribution in [0.1, 0.15) is 164 Å². The van der Waals surface area contributed by atoms with E-state index in [1.54, 1.807) is 0 Å². The van der Waals surface area contributed by atoms with Crippen LogP contribution < -0.4 is 0 Å². The lowest BCUT2D eigenvalue weighted by Crippen LogP contribution is -2.25. The van der Waals surface area contributed by atoms with E-state index in [2.05, 4.69) is 41.5 Å². The number of ether oxygens (including phenoxy) is 2. The van der Waals surface area contributed by atoms with Gasteiger partial charge in [-0.1, -0.05) is 112 Å². The summed E-state index contributed by atoms with van der Waals surface area (Å²) in [5.41, 5.74) is 0. The largest absolute Gasteiger partial charge is 0.466 e. The molecule has 0 aromatic rings. The molecule has 2 atom stereocenters. The molecule has 0 bridgehead atoms. The molecule has 0 spiro atoms. The maximum absolute atomic E-state index is 12.6. The minimum Gasteiger partial charge on any atom is -0.466 e. The van der Waals surface area contributed by atoms with Gasteiger partial charge in [0, 0.05) is 6.42 Å². The first-order valence-corrected chi connectivity index (χ1v) is 16.1. The lowest BCUT2D eigenvalue weighted by molar-refractivity contribution is -0.151. The van der Waals surface area contributed by atoms with Crippen molar-refractivity contribution < 1.29 is 19.1 Å². The third-order valence-electron chi connectivity index (χ3n) is 7.65. The highest BCUT2D eigenvalue weighted by molar-refractivity contribution is 5.72. The minimum absolute atomic E-state index is 0.0184. The molecule has 0 radical (unpaired) electrons. The molecular weight excluding hydrogens is 460 g/mol. The fourth-order valence-corrected chi connectivity index (χ4v) is 5.14. The summed E-state index contributed by atoms with van der Waals surface area (Å²) in [6.07, 6.45) is 21.3. The average molecular weight is 525 g/mol. The van der Waals surface area contributed by atoms with Crippen molar-refractivity contribution in [2.45, 2.75) is 164 Å². The number of carbonyl (C=O) groups is 2. The van der Waals surface area contributed by atoms with E-state index in [-0.39, 0.29) is 17.9 Å². The molecule has 0 aliphatic carbocycles. The number of hydrogen-bond donors (Lipinski definition) is 0. The minimum atomic E-state index is -0.0184. The lowest BCUT2D eigenvalue weighted by Gasteiger charge is -2.24. The van der Waals surface area contributed by atoms with Crippen molar-refractivity contribution >= 4 is 11.9 Å². The van der Waals surface area contributed by atoms with Crippen molar-refractivity contribution in [2.75, 3.05) is 13.2 Å². The Bertz CT molecular complexity index is 528. The summed E-state index contributed by atoms with van der Waals surface area (Å²) in [6, 6.07) is 0. The SMILES string of the molecule is CCC(CCCCCCCCCCCC(=O)OCCCCC(C)C)C(CC)C(=O)OCCCCC(C)C. The maximum Gasteiger partial charge on any atom is 0.309 e. The van der Waals surface area contributed by atoms with E-state index in [0.29, 0.717) is 25.6 Å². The molecule has 0 aromatic heterocycles. The van der Waals surface area contributed by atoms with Crippen LogP contribution in [0.5, 0.6) is 0 Å². The van der Waals surface area contributed by atoms with Crippen molar-refractivity contribution in [3.05, 3.63) is 0 Å². The Morgan fingerprint density at radius 3 is 1.49 bits per heavy atom. The molecule has 0 saturated heterocycles. The van der Waals surface area contributed by atoms with Gasteiger partial charge in [0.2, 0.25) is 0 Å². The number of carbonyl (C=O) groups excluding carboxylic acids is 2. The molecule has 0 amide bonds. The molecule has 0 saturated carbocycles. The summed E-state index contributed by atoms with van der Waals surface area (Å²) in [4.78, 5) is 24.4. The third kappa shape index (κ3) is 22.6. The Balaban J connectivity index is 3.71. The van der Waals surface area contributed by atoms with Gasteiger partial charge in [0.1, 0.15) is 0 Å². The standard InChI is InChI=1S/C33H64O4/c1-7-30(31(8-2)33(35)37-27-21-19-23-29(5)6)24-16-14-12-10-9-11-13-15-17-25-32(34)36-26-20-18-22-28(3)4/h28-31H,7-27H2,1-6H3. The summed E-state index contributed by atoms with van der Waals surface area (Å²) in [5.74, 6) is 2.00. The highest BCUT2D eigenvalue weighted by Gasteiger charge is 2.26. The molecule has 0 N–H and O–H groups in total. The molecule has 0 aliphatic rings. The molecule has 4 nitrogen and oxygen atoms in total. The Labute approximate surface area is 231 Å². The van der Waals surface area contributed by atoms with Gasteiger partial charge in [0.15, 0.2) is 0 Å². The monoisotopic (exact) mass is 524 g/mol. The summed E-state index contributed by atoms with van der Waals surface area (Å²) in [5, 5.41) is 0. The van der Waals surface area contributed by atoms with Crippen LogP contribution in [-0.2, 0) is 19.1 Å². The first-order chi connectivity index (χ1) is 17.8. The van der Waals surface area contributed by atoms with Gasteiger partial charge in [-0.2, -0.15) is 0 Å². The van der Waals surface area contributed by atoms with Crippen LogP contribution in [0.25, 0.3) is 0 Å². The summed E-state index contributed by atoms with van der Waals surface area (Å²) in [6.45, 7) is 14.5. The van der Waals surface area contributed by atoms with Crippen LogP contribution in [0, 0.1) is 23.7 Å². The van der Waals surface area contributed by atoms with E-state index >= 15 is 0 Å². The molecular formula is C33H64O4. The highest BCUT2D eigenvalue weighted by Crippen LogP contribution is 2.27. The van der Waals surface area contributed by atoms with Crippen molar-refractivity contribution in [1.82, 2.24) is 0 Å². The van der Waals surface area contributed by atoms with Crippen LogP contribution in [0.2, 0.25) is 0 Å². The zero-order valence-corrected chi connectivity index (χ0v) is 25.8. The second-order valence-electron chi connectivity index (χ2n) is 12.1. The van der Waals surface area contributed by atoms with Gasteiger partial charge in [-0.05, 0) is 62.7 Å². The van der Waals surface area contributed by atoms with Gasteiger partial charge in [0.25, 0.3) is 0 Å². The van der Waals surface area contributed by atoms with Crippen LogP contribution in [0.4, 0.5) is 0 Å². The van der Waals surface area contributed by atoms with Crippen LogP contribution in [0.15, 0.2) is 0 Å². The lowest BCUT2D eigenvalue weighted by atomic mass is 9.84. The Morgan fingerprint density at radius 1 is 0.541 bits per heavy atom. The van der Waals surface area contributed by atoms with Crippen molar-refractivity contribution in [3.8, 4) is 0 Å². The number of esters is 2. The Morgan fingerprint density at radius 2 is 1.00 bits per heavy atom. The number of rotatable bonds is 26. The van der Waals surface area contributed by atoms with Crippen LogP contribution in [-0.4, -0.2) is 25.2 Å². The molecule has 0 aromatic carbocycles. The van der Waals surface area contributed by atoms with E-state index in [4.69, 9.17) is 9.47 Å². The Hall–Kier alpha value is -1.06. The topological polar surface area (TPSA) is 52.6 Å². The molecule has 0 heterocycles. The highest BCUT2D eigenvalue weighted by atomic mass is 16.5. The Kier molecular flexibility index (Phi) is 24.5. The predicted octanol–water partition coefficient (Wildman–Crippen LogP) is 10.1. The number of hydrogen-bond acceptors (Lipinski definition) is 4. The first kappa shape index (κ1) is 35.9. The third-order valence-corrected chi connectivity index (χ3v) is 7.65. The van der Waals surface area contributed by atoms with Crippen molar-refractivity contribution in [2.24, 2.45) is 23.7 Å². The average Bonchev–Trinajstić information content (AvgIpc) is 2.85. The van der Waals surface area contributed by atoms with Gasteiger partial charge in [-0.25, -0.2) is 0 Å². The fraction of sp³-hybridized carbons (Fsp3) is 0.939. The van der Waals surface area contributed by atoms with E-state index in [9.17, 15) is 9.59 Å². The quantitative estimate of drug-likeness (QED) is 0.0834. The van der Waals surface area contributed by atoms with Gasteiger partial charge in [-0.3, -0.25) is 9.59 Å². The summed E-state index contributed by atoms with van der Waals surface area (Å²) >= 11 is 0. The van der Waals surface area contributed by atoms with Crippen LogP contribution >= 0.6 is 0 Å². The van der Waals surface area contributed by atoms with Crippen molar-refractivity contribution in [3.63, 3.8) is 0 Å². The first-order valence-electron chi connectivity index (χ1n) is 16.1.